The van der Waals surface area contributed by atoms with Crippen LogP contribution < -0.4 is 0 Å². The van der Waals surface area contributed by atoms with Gasteiger partial charge in [0.25, 0.3) is 0 Å². The molecule has 72 valence electrons. The monoisotopic (exact) mass is 193 g/mol. The van der Waals surface area contributed by atoms with Gasteiger partial charge in [-0.3, -0.25) is 4.79 Å². The Morgan fingerprint density at radius 2 is 2.43 bits per heavy atom. The van der Waals surface area contributed by atoms with E-state index >= 15 is 0 Å². The number of aldehydes is 1. The van der Waals surface area contributed by atoms with Crippen molar-refractivity contribution in [3.05, 3.63) is 29.3 Å². The maximum Gasteiger partial charge on any atom is 0.223 e. The molecule has 0 bridgehead atoms. The largest absolute Gasteiger partial charge is 0.395 e. The van der Waals surface area contributed by atoms with Gasteiger partial charge in [-0.25, -0.2) is 4.98 Å². The third-order valence-electron chi connectivity index (χ3n) is 1.46. The number of pyridine rings is 1. The predicted molar refractivity (Wildman–Crippen MR) is 48.2 cm³/mol. The Kier molecular flexibility index (Phi) is 3.77. The summed E-state index contributed by atoms with van der Waals surface area (Å²) in [6, 6.07) is 1.32. The number of carbonyl (C=O) groups is 1. The van der Waals surface area contributed by atoms with E-state index in [1.165, 1.54) is 12.3 Å². The number of rotatable bonds is 2. The summed E-state index contributed by atoms with van der Waals surface area (Å²) in [5.74, 6) is 4.49. The maximum atomic E-state index is 12.7. The van der Waals surface area contributed by atoms with Gasteiger partial charge >= 0.3 is 0 Å². The van der Waals surface area contributed by atoms with E-state index in [4.69, 9.17) is 5.11 Å². The molecular weight excluding hydrogens is 185 g/mol. The van der Waals surface area contributed by atoms with E-state index in [0.29, 0.717) is 18.3 Å². The molecule has 14 heavy (non-hydrogen) atoms. The molecule has 1 rings (SSSR count). The normalized spacial score (nSPS) is 9.00. The minimum absolute atomic E-state index is 0.0256. The van der Waals surface area contributed by atoms with Crippen LogP contribution in [0.1, 0.15) is 22.3 Å². The number of aromatic nitrogens is 1. The number of nitrogens with zero attached hydrogens (tertiary/aromatic N) is 1. The molecule has 4 heteroatoms. The summed E-state index contributed by atoms with van der Waals surface area (Å²) >= 11 is 0. The molecule has 0 fully saturated rings. The van der Waals surface area contributed by atoms with E-state index in [1.807, 2.05) is 0 Å². The molecule has 0 aliphatic heterocycles. The first-order chi connectivity index (χ1) is 6.77. The summed E-state index contributed by atoms with van der Waals surface area (Å²) in [5, 5.41) is 8.45. The zero-order valence-electron chi connectivity index (χ0n) is 7.33. The van der Waals surface area contributed by atoms with E-state index in [0.717, 1.165) is 0 Å². The number of halogens is 1. The molecule has 3 nitrogen and oxygen atoms in total. The third-order valence-corrected chi connectivity index (χ3v) is 1.46. The molecule has 0 atom stereocenters. The highest BCUT2D eigenvalue weighted by molar-refractivity contribution is 5.75. The van der Waals surface area contributed by atoms with Crippen molar-refractivity contribution in [2.75, 3.05) is 6.61 Å². The zero-order chi connectivity index (χ0) is 10.4. The lowest BCUT2D eigenvalue weighted by molar-refractivity contribution is 0.111. The molecule has 0 saturated heterocycles. The molecule has 1 N–H and O–H groups in total. The standard InChI is InChI=1S/C10H8FNO2/c11-10-9(7-14)5-8(6-12-10)3-1-2-4-13/h5-7,13H,2,4H2. The topological polar surface area (TPSA) is 50.2 Å². The Balaban J connectivity index is 2.91. The Bertz CT molecular complexity index is 393. The summed E-state index contributed by atoms with van der Waals surface area (Å²) in [5.41, 5.74) is 0.350. The highest BCUT2D eigenvalue weighted by Gasteiger charge is 2.01. The van der Waals surface area contributed by atoms with Crippen LogP contribution in [0.5, 0.6) is 0 Å². The Morgan fingerprint density at radius 1 is 1.64 bits per heavy atom. The van der Waals surface area contributed by atoms with E-state index in [2.05, 4.69) is 16.8 Å². The van der Waals surface area contributed by atoms with Gasteiger partial charge in [0.05, 0.1) is 12.2 Å². The second kappa shape index (κ2) is 5.10. The van der Waals surface area contributed by atoms with Gasteiger partial charge in [-0.05, 0) is 6.07 Å². The van der Waals surface area contributed by atoms with E-state index in [-0.39, 0.29) is 12.2 Å². The number of carbonyl (C=O) groups excluding carboxylic acids is 1. The fourth-order valence-corrected chi connectivity index (χ4v) is 0.837. The number of aliphatic hydroxyl groups is 1. The van der Waals surface area contributed by atoms with Crippen molar-refractivity contribution in [3.63, 3.8) is 0 Å². The molecule has 0 radical (unpaired) electrons. The van der Waals surface area contributed by atoms with Crippen molar-refractivity contribution >= 4 is 6.29 Å². The SMILES string of the molecule is O=Cc1cc(C#CCCO)cnc1F. The van der Waals surface area contributed by atoms with Crippen molar-refractivity contribution < 1.29 is 14.3 Å². The average molecular weight is 193 g/mol. The van der Waals surface area contributed by atoms with Crippen LogP contribution in [0, 0.1) is 17.8 Å². The molecule has 1 aromatic rings. The van der Waals surface area contributed by atoms with Crippen molar-refractivity contribution in [3.8, 4) is 11.8 Å². The first-order valence-corrected chi connectivity index (χ1v) is 3.98. The van der Waals surface area contributed by atoms with Gasteiger partial charge in [0.1, 0.15) is 0 Å². The Labute approximate surface area is 80.6 Å². The van der Waals surface area contributed by atoms with Crippen LogP contribution in [-0.4, -0.2) is 23.0 Å². The van der Waals surface area contributed by atoms with Crippen molar-refractivity contribution in [1.82, 2.24) is 4.98 Å². The molecule has 0 saturated carbocycles. The molecule has 1 heterocycles. The van der Waals surface area contributed by atoms with Gasteiger partial charge in [0.2, 0.25) is 5.95 Å². The lowest BCUT2D eigenvalue weighted by Crippen LogP contribution is -1.93. The quantitative estimate of drug-likeness (QED) is 0.428. The number of hydrogen-bond donors (Lipinski definition) is 1. The van der Waals surface area contributed by atoms with Gasteiger partial charge in [0.15, 0.2) is 6.29 Å². The molecule has 0 spiro atoms. The smallest absolute Gasteiger partial charge is 0.223 e. The van der Waals surface area contributed by atoms with Crippen LogP contribution in [0.15, 0.2) is 12.3 Å². The van der Waals surface area contributed by atoms with Gasteiger partial charge in [-0.15, -0.1) is 0 Å². The van der Waals surface area contributed by atoms with Crippen LogP contribution in [-0.2, 0) is 0 Å². The first kappa shape index (κ1) is 10.4. The zero-order valence-corrected chi connectivity index (χ0v) is 7.33. The minimum Gasteiger partial charge on any atom is -0.395 e. The Morgan fingerprint density at radius 3 is 3.07 bits per heavy atom. The predicted octanol–water partition coefficient (Wildman–Crippen LogP) is 0.767. The highest BCUT2D eigenvalue weighted by atomic mass is 19.1. The van der Waals surface area contributed by atoms with Crippen LogP contribution >= 0.6 is 0 Å². The highest BCUT2D eigenvalue weighted by Crippen LogP contribution is 2.03. The van der Waals surface area contributed by atoms with Crippen LogP contribution in [0.3, 0.4) is 0 Å². The molecule has 0 aliphatic rings. The number of aliphatic hydroxyl groups excluding tert-OH is 1. The molecule has 0 unspecified atom stereocenters. The molecule has 1 aromatic heterocycles. The van der Waals surface area contributed by atoms with E-state index < -0.39 is 5.95 Å². The summed E-state index contributed by atoms with van der Waals surface area (Å²) in [4.78, 5) is 13.7. The lowest BCUT2D eigenvalue weighted by atomic mass is 10.2. The van der Waals surface area contributed by atoms with Crippen LogP contribution in [0.4, 0.5) is 4.39 Å². The van der Waals surface area contributed by atoms with Gasteiger partial charge in [0, 0.05) is 18.2 Å². The van der Waals surface area contributed by atoms with Crippen molar-refractivity contribution in [1.29, 1.82) is 0 Å². The van der Waals surface area contributed by atoms with Crippen LogP contribution in [0.25, 0.3) is 0 Å². The Hall–Kier alpha value is -1.73. The third kappa shape index (κ3) is 2.64. The minimum atomic E-state index is -0.798. The van der Waals surface area contributed by atoms with Gasteiger partial charge in [-0.2, -0.15) is 4.39 Å². The lowest BCUT2D eigenvalue weighted by Gasteiger charge is -1.93. The average Bonchev–Trinajstić information content (AvgIpc) is 2.21. The van der Waals surface area contributed by atoms with Crippen molar-refractivity contribution in [2.24, 2.45) is 0 Å². The molecular formula is C10H8FNO2. The van der Waals surface area contributed by atoms with E-state index in [9.17, 15) is 9.18 Å². The van der Waals surface area contributed by atoms with E-state index in [1.54, 1.807) is 0 Å². The van der Waals surface area contributed by atoms with Gasteiger partial charge < -0.3 is 5.11 Å². The molecule has 0 aromatic carbocycles. The summed E-state index contributed by atoms with van der Waals surface area (Å²) in [6.07, 6.45) is 1.97. The fraction of sp³-hybridized carbons (Fsp3) is 0.200. The maximum absolute atomic E-state index is 12.7. The summed E-state index contributed by atoms with van der Waals surface area (Å²) in [6.45, 7) is -0.0256. The molecule has 0 aliphatic carbocycles. The fourth-order valence-electron chi connectivity index (χ4n) is 0.837. The van der Waals surface area contributed by atoms with Crippen molar-refractivity contribution in [2.45, 2.75) is 6.42 Å². The molecule has 0 amide bonds. The second-order valence-electron chi connectivity index (χ2n) is 2.50. The first-order valence-electron chi connectivity index (χ1n) is 3.98. The van der Waals surface area contributed by atoms with Crippen LogP contribution in [0.2, 0.25) is 0 Å². The van der Waals surface area contributed by atoms with Gasteiger partial charge in [-0.1, -0.05) is 11.8 Å². The summed E-state index contributed by atoms with van der Waals surface area (Å²) < 4.78 is 12.7. The second-order valence-corrected chi connectivity index (χ2v) is 2.50. The number of hydrogen-bond acceptors (Lipinski definition) is 3. The summed E-state index contributed by atoms with van der Waals surface area (Å²) in [7, 11) is 0.